The number of phenols is 1. The average molecular weight is 361 g/mol. The first-order valence-electron chi connectivity index (χ1n) is 8.65. The summed E-state index contributed by atoms with van der Waals surface area (Å²) < 4.78 is 15.5. The Hall–Kier alpha value is -3.48. The number of halogens is 1. The van der Waals surface area contributed by atoms with Crippen LogP contribution in [-0.4, -0.2) is 24.9 Å². The van der Waals surface area contributed by atoms with E-state index in [1.807, 2.05) is 16.8 Å². The predicted octanol–water partition coefficient (Wildman–Crippen LogP) is 3.26. The van der Waals surface area contributed by atoms with Crippen LogP contribution in [0.25, 0.3) is 22.3 Å². The van der Waals surface area contributed by atoms with Gasteiger partial charge in [-0.15, -0.1) is 0 Å². The molecule has 2 heterocycles. The SMILES string of the molecule is Nc1cccc2c1CC(n1nc3ncncc3c1-c1ccc(F)c(O)c1)C2. The number of anilines is 1. The highest BCUT2D eigenvalue weighted by molar-refractivity contribution is 5.91. The van der Waals surface area contributed by atoms with Gasteiger partial charge in [-0.05, 0) is 48.2 Å². The monoisotopic (exact) mass is 361 g/mol. The average Bonchev–Trinajstić information content (AvgIpc) is 3.26. The zero-order valence-corrected chi connectivity index (χ0v) is 14.3. The molecule has 0 fully saturated rings. The van der Waals surface area contributed by atoms with Crippen molar-refractivity contribution in [3.63, 3.8) is 0 Å². The third-order valence-electron chi connectivity index (χ3n) is 5.15. The van der Waals surface area contributed by atoms with Crippen LogP contribution in [0.3, 0.4) is 0 Å². The van der Waals surface area contributed by atoms with Crippen LogP contribution >= 0.6 is 0 Å². The highest BCUT2D eigenvalue weighted by Gasteiger charge is 2.28. The smallest absolute Gasteiger partial charge is 0.184 e. The molecule has 134 valence electrons. The number of aromatic hydroxyl groups is 1. The van der Waals surface area contributed by atoms with E-state index in [1.54, 1.807) is 12.3 Å². The third-order valence-corrected chi connectivity index (χ3v) is 5.15. The van der Waals surface area contributed by atoms with Crippen LogP contribution in [0.4, 0.5) is 10.1 Å². The van der Waals surface area contributed by atoms with Gasteiger partial charge in [0.25, 0.3) is 0 Å². The summed E-state index contributed by atoms with van der Waals surface area (Å²) in [6.45, 7) is 0. The second-order valence-corrected chi connectivity index (χ2v) is 6.77. The van der Waals surface area contributed by atoms with E-state index >= 15 is 0 Å². The molecule has 6 nitrogen and oxygen atoms in total. The first kappa shape index (κ1) is 15.7. The molecule has 1 unspecified atom stereocenters. The molecule has 27 heavy (non-hydrogen) atoms. The molecule has 3 N–H and O–H groups in total. The van der Waals surface area contributed by atoms with Crippen molar-refractivity contribution in [3.8, 4) is 17.0 Å². The minimum Gasteiger partial charge on any atom is -0.505 e. The van der Waals surface area contributed by atoms with Crippen molar-refractivity contribution in [2.45, 2.75) is 18.9 Å². The Morgan fingerprint density at radius 3 is 2.89 bits per heavy atom. The highest BCUT2D eigenvalue weighted by atomic mass is 19.1. The van der Waals surface area contributed by atoms with Gasteiger partial charge in [0.1, 0.15) is 6.33 Å². The van der Waals surface area contributed by atoms with Crippen LogP contribution in [0.2, 0.25) is 0 Å². The second kappa shape index (κ2) is 5.77. The maximum Gasteiger partial charge on any atom is 0.184 e. The largest absolute Gasteiger partial charge is 0.505 e. The van der Waals surface area contributed by atoms with E-state index in [9.17, 15) is 9.50 Å². The van der Waals surface area contributed by atoms with Crippen molar-refractivity contribution in [3.05, 3.63) is 65.9 Å². The van der Waals surface area contributed by atoms with Crippen LogP contribution < -0.4 is 5.73 Å². The van der Waals surface area contributed by atoms with Crippen molar-refractivity contribution in [1.29, 1.82) is 0 Å². The van der Waals surface area contributed by atoms with Crippen LogP contribution in [-0.2, 0) is 12.8 Å². The normalized spacial score (nSPS) is 16.0. The molecule has 1 aliphatic carbocycles. The molecule has 4 aromatic rings. The Morgan fingerprint density at radius 1 is 1.19 bits per heavy atom. The molecule has 2 aromatic carbocycles. The van der Waals surface area contributed by atoms with E-state index in [-0.39, 0.29) is 6.04 Å². The summed E-state index contributed by atoms with van der Waals surface area (Å²) in [6, 6.07) is 10.3. The standard InChI is InChI=1S/C20H16FN5O/c21-16-5-4-12(7-18(16)27)19-15-9-23-10-24-20(15)25-26(19)13-6-11-2-1-3-17(22)14(11)8-13/h1-5,7,9-10,13,27H,6,8,22H2. The number of aromatic nitrogens is 4. The van der Waals surface area contributed by atoms with E-state index in [0.29, 0.717) is 11.2 Å². The van der Waals surface area contributed by atoms with Gasteiger partial charge in [-0.25, -0.2) is 14.4 Å². The molecule has 5 rings (SSSR count). The van der Waals surface area contributed by atoms with Gasteiger partial charge in [-0.2, -0.15) is 5.10 Å². The number of nitrogens with zero attached hydrogens (tertiary/aromatic N) is 4. The van der Waals surface area contributed by atoms with Gasteiger partial charge >= 0.3 is 0 Å². The number of benzene rings is 2. The summed E-state index contributed by atoms with van der Waals surface area (Å²) in [4.78, 5) is 8.37. The number of rotatable bonds is 2. The summed E-state index contributed by atoms with van der Waals surface area (Å²) in [7, 11) is 0. The summed E-state index contributed by atoms with van der Waals surface area (Å²) in [5.41, 5.74) is 11.3. The van der Waals surface area contributed by atoms with Gasteiger partial charge in [0.05, 0.1) is 17.1 Å². The lowest BCUT2D eigenvalue weighted by Crippen LogP contribution is -2.12. The maximum absolute atomic E-state index is 13.6. The quantitative estimate of drug-likeness (QED) is 0.535. The summed E-state index contributed by atoms with van der Waals surface area (Å²) in [6.07, 6.45) is 4.69. The zero-order valence-electron chi connectivity index (χ0n) is 14.3. The van der Waals surface area contributed by atoms with Crippen LogP contribution in [0.1, 0.15) is 17.2 Å². The lowest BCUT2D eigenvalue weighted by atomic mass is 10.1. The fraction of sp³-hybridized carbons (Fsp3) is 0.150. The zero-order chi connectivity index (χ0) is 18.5. The summed E-state index contributed by atoms with van der Waals surface area (Å²) in [5, 5.41) is 15.3. The molecule has 0 bridgehead atoms. The highest BCUT2D eigenvalue weighted by Crippen LogP contribution is 2.38. The van der Waals surface area contributed by atoms with Gasteiger partial charge < -0.3 is 10.8 Å². The second-order valence-electron chi connectivity index (χ2n) is 6.77. The van der Waals surface area contributed by atoms with E-state index in [0.717, 1.165) is 35.2 Å². The van der Waals surface area contributed by atoms with Crippen molar-refractivity contribution < 1.29 is 9.50 Å². The molecule has 0 radical (unpaired) electrons. The minimum atomic E-state index is -0.661. The molecular formula is C20H16FN5O. The number of hydrogen-bond acceptors (Lipinski definition) is 5. The maximum atomic E-state index is 13.6. The van der Waals surface area contributed by atoms with Crippen molar-refractivity contribution in [2.75, 3.05) is 5.73 Å². The van der Waals surface area contributed by atoms with Gasteiger partial charge in [-0.3, -0.25) is 4.68 Å². The van der Waals surface area contributed by atoms with Crippen molar-refractivity contribution in [2.24, 2.45) is 0 Å². The van der Waals surface area contributed by atoms with Gasteiger partial charge in [-0.1, -0.05) is 12.1 Å². The topological polar surface area (TPSA) is 89.9 Å². The van der Waals surface area contributed by atoms with Crippen LogP contribution in [0, 0.1) is 5.82 Å². The van der Waals surface area contributed by atoms with Crippen LogP contribution in [0.5, 0.6) is 5.75 Å². The minimum absolute atomic E-state index is 0.0566. The van der Waals surface area contributed by atoms with E-state index in [2.05, 4.69) is 21.1 Å². The first-order valence-corrected chi connectivity index (χ1v) is 8.65. The van der Waals surface area contributed by atoms with E-state index < -0.39 is 11.6 Å². The summed E-state index contributed by atoms with van der Waals surface area (Å²) >= 11 is 0. The predicted molar refractivity (Wildman–Crippen MR) is 99.7 cm³/mol. The molecule has 0 amide bonds. The number of hydrogen-bond donors (Lipinski definition) is 2. The molecule has 1 atom stereocenters. The molecule has 0 saturated carbocycles. The number of phenolic OH excluding ortho intramolecular Hbond substituents is 1. The lowest BCUT2D eigenvalue weighted by molar-refractivity contribution is 0.432. The van der Waals surface area contributed by atoms with Gasteiger partial charge in [0.15, 0.2) is 17.2 Å². The van der Waals surface area contributed by atoms with Gasteiger partial charge in [0, 0.05) is 17.4 Å². The number of nitrogen functional groups attached to an aromatic ring is 1. The van der Waals surface area contributed by atoms with Gasteiger partial charge in [0.2, 0.25) is 0 Å². The van der Waals surface area contributed by atoms with Crippen molar-refractivity contribution >= 4 is 16.7 Å². The molecular weight excluding hydrogens is 345 g/mol. The van der Waals surface area contributed by atoms with Crippen LogP contribution in [0.15, 0.2) is 48.9 Å². The fourth-order valence-electron chi connectivity index (χ4n) is 3.89. The Balaban J connectivity index is 1.69. The molecule has 1 aliphatic rings. The first-order chi connectivity index (χ1) is 13.1. The van der Waals surface area contributed by atoms with E-state index in [4.69, 9.17) is 5.73 Å². The Labute approximate surface area is 154 Å². The Bertz CT molecular complexity index is 1190. The molecule has 0 aliphatic heterocycles. The summed E-state index contributed by atoms with van der Waals surface area (Å²) in [5.74, 6) is -1.06. The fourth-order valence-corrected chi connectivity index (χ4v) is 3.89. The Morgan fingerprint density at radius 2 is 2.07 bits per heavy atom. The Kier molecular flexibility index (Phi) is 3.36. The number of fused-ring (bicyclic) bond motifs is 2. The number of nitrogens with two attached hydrogens (primary N) is 1. The third kappa shape index (κ3) is 2.43. The van der Waals surface area contributed by atoms with Crippen molar-refractivity contribution in [1.82, 2.24) is 19.7 Å². The molecule has 0 saturated heterocycles. The molecule has 2 aromatic heterocycles. The van der Waals surface area contributed by atoms with E-state index in [1.165, 1.54) is 24.0 Å². The molecule has 7 heteroatoms. The lowest BCUT2D eigenvalue weighted by Gasteiger charge is -2.15. The molecule has 0 spiro atoms.